The van der Waals surface area contributed by atoms with Crippen LogP contribution in [0.3, 0.4) is 0 Å². The molecular formula is C20H25FN4. The zero-order valence-electron chi connectivity index (χ0n) is 14.4. The molecule has 5 heteroatoms. The molecule has 0 radical (unpaired) electrons. The first-order valence-corrected chi connectivity index (χ1v) is 9.15. The predicted octanol–water partition coefficient (Wildman–Crippen LogP) is 2.69. The average Bonchev–Trinajstić information content (AvgIpc) is 3.13. The van der Waals surface area contributed by atoms with Gasteiger partial charge < -0.3 is 0 Å². The number of piperidine rings is 1. The van der Waals surface area contributed by atoms with E-state index in [4.69, 9.17) is 0 Å². The van der Waals surface area contributed by atoms with Gasteiger partial charge in [0.25, 0.3) is 0 Å². The van der Waals surface area contributed by atoms with Crippen LogP contribution in [0.5, 0.6) is 0 Å². The number of hydrazine groups is 1. The average molecular weight is 340 g/mol. The second kappa shape index (κ2) is 7.60. The van der Waals surface area contributed by atoms with Gasteiger partial charge in [-0.2, -0.15) is 0 Å². The number of pyridine rings is 1. The zero-order valence-corrected chi connectivity index (χ0v) is 14.4. The third kappa shape index (κ3) is 3.89. The van der Waals surface area contributed by atoms with E-state index in [1.807, 2.05) is 30.6 Å². The SMILES string of the molecule is Fc1ccc(C2CNNC2C2CCCN(Cc3cccnc3)C2)cc1. The Kier molecular flexibility index (Phi) is 5.06. The third-order valence-electron chi connectivity index (χ3n) is 5.50. The molecule has 1 aromatic heterocycles. The van der Waals surface area contributed by atoms with Crippen molar-refractivity contribution in [1.29, 1.82) is 0 Å². The molecule has 2 saturated heterocycles. The Hall–Kier alpha value is -1.82. The van der Waals surface area contributed by atoms with Gasteiger partial charge in [0.2, 0.25) is 0 Å². The number of nitrogens with one attached hydrogen (secondary N) is 2. The van der Waals surface area contributed by atoms with Crippen LogP contribution in [-0.2, 0) is 6.54 Å². The lowest BCUT2D eigenvalue weighted by Crippen LogP contribution is -2.46. The molecule has 0 saturated carbocycles. The number of aromatic nitrogens is 1. The highest BCUT2D eigenvalue weighted by Crippen LogP contribution is 2.32. The molecule has 3 heterocycles. The Morgan fingerprint density at radius 1 is 1.20 bits per heavy atom. The summed E-state index contributed by atoms with van der Waals surface area (Å²) in [5.41, 5.74) is 9.31. The summed E-state index contributed by atoms with van der Waals surface area (Å²) in [5.74, 6) is 0.818. The van der Waals surface area contributed by atoms with Crippen LogP contribution in [0, 0.1) is 11.7 Å². The Morgan fingerprint density at radius 2 is 2.08 bits per heavy atom. The van der Waals surface area contributed by atoms with Gasteiger partial charge in [0.1, 0.15) is 5.82 Å². The second-order valence-corrected chi connectivity index (χ2v) is 7.21. The minimum atomic E-state index is -0.167. The molecule has 0 aliphatic carbocycles. The molecule has 3 unspecified atom stereocenters. The second-order valence-electron chi connectivity index (χ2n) is 7.21. The summed E-state index contributed by atoms with van der Waals surface area (Å²) >= 11 is 0. The van der Waals surface area contributed by atoms with Crippen molar-refractivity contribution in [3.05, 3.63) is 65.7 Å². The first kappa shape index (κ1) is 16.6. The maximum absolute atomic E-state index is 13.2. The fourth-order valence-electron chi connectivity index (χ4n) is 4.27. The highest BCUT2D eigenvalue weighted by Gasteiger charge is 2.36. The summed E-state index contributed by atoms with van der Waals surface area (Å²) in [7, 11) is 0. The van der Waals surface area contributed by atoms with Crippen molar-refractivity contribution in [2.45, 2.75) is 31.3 Å². The minimum Gasteiger partial charge on any atom is -0.299 e. The Labute approximate surface area is 148 Å². The van der Waals surface area contributed by atoms with Gasteiger partial charge in [0.15, 0.2) is 0 Å². The number of nitrogens with zero attached hydrogens (tertiary/aromatic N) is 2. The van der Waals surface area contributed by atoms with E-state index in [2.05, 4.69) is 26.8 Å². The summed E-state index contributed by atoms with van der Waals surface area (Å²) in [5, 5.41) is 0. The van der Waals surface area contributed by atoms with Crippen LogP contribution in [0.2, 0.25) is 0 Å². The molecule has 4 nitrogen and oxygen atoms in total. The Bertz CT molecular complexity index is 676. The fraction of sp³-hybridized carbons (Fsp3) is 0.450. The lowest BCUT2D eigenvalue weighted by molar-refractivity contribution is 0.139. The molecule has 25 heavy (non-hydrogen) atoms. The molecule has 1 aromatic carbocycles. The van der Waals surface area contributed by atoms with Crippen molar-refractivity contribution in [3.63, 3.8) is 0 Å². The molecule has 4 rings (SSSR count). The molecule has 0 amide bonds. The van der Waals surface area contributed by atoms with E-state index in [1.54, 1.807) is 12.1 Å². The Morgan fingerprint density at radius 3 is 2.88 bits per heavy atom. The number of halogens is 1. The van der Waals surface area contributed by atoms with Crippen LogP contribution in [0.1, 0.15) is 29.9 Å². The zero-order chi connectivity index (χ0) is 17.1. The number of hydrogen-bond donors (Lipinski definition) is 2. The molecule has 132 valence electrons. The van der Waals surface area contributed by atoms with Gasteiger partial charge in [-0.05, 0) is 54.6 Å². The summed E-state index contributed by atoms with van der Waals surface area (Å²) in [6.45, 7) is 4.10. The van der Waals surface area contributed by atoms with E-state index in [0.29, 0.717) is 17.9 Å². The van der Waals surface area contributed by atoms with Crippen molar-refractivity contribution in [1.82, 2.24) is 20.7 Å². The van der Waals surface area contributed by atoms with E-state index in [9.17, 15) is 4.39 Å². The molecule has 0 spiro atoms. The van der Waals surface area contributed by atoms with Crippen molar-refractivity contribution >= 4 is 0 Å². The van der Waals surface area contributed by atoms with Crippen molar-refractivity contribution < 1.29 is 4.39 Å². The molecular weight excluding hydrogens is 315 g/mol. The summed E-state index contributed by atoms with van der Waals surface area (Å²) in [4.78, 5) is 6.76. The first-order valence-electron chi connectivity index (χ1n) is 9.15. The molecule has 2 N–H and O–H groups in total. The maximum Gasteiger partial charge on any atom is 0.123 e. The topological polar surface area (TPSA) is 40.2 Å². The molecule has 2 aromatic rings. The molecule has 0 bridgehead atoms. The lowest BCUT2D eigenvalue weighted by atomic mass is 9.81. The van der Waals surface area contributed by atoms with Crippen LogP contribution in [-0.4, -0.2) is 35.6 Å². The summed E-state index contributed by atoms with van der Waals surface area (Å²) in [6, 6.07) is 11.5. The summed E-state index contributed by atoms with van der Waals surface area (Å²) < 4.78 is 13.2. The van der Waals surface area contributed by atoms with Crippen LogP contribution >= 0.6 is 0 Å². The third-order valence-corrected chi connectivity index (χ3v) is 5.50. The maximum atomic E-state index is 13.2. The van der Waals surface area contributed by atoms with Crippen LogP contribution < -0.4 is 10.9 Å². The van der Waals surface area contributed by atoms with Gasteiger partial charge in [-0.3, -0.25) is 20.7 Å². The van der Waals surface area contributed by atoms with Crippen molar-refractivity contribution in [3.8, 4) is 0 Å². The van der Waals surface area contributed by atoms with Crippen molar-refractivity contribution in [2.24, 2.45) is 5.92 Å². The number of rotatable bonds is 4. The highest BCUT2D eigenvalue weighted by atomic mass is 19.1. The number of hydrogen-bond acceptors (Lipinski definition) is 4. The van der Waals surface area contributed by atoms with E-state index in [0.717, 1.165) is 26.2 Å². The molecule has 2 aliphatic rings. The standard InChI is InChI=1S/C20H25FN4/c21-18-7-5-16(6-8-18)19-12-23-24-20(19)17-4-2-10-25(14-17)13-15-3-1-9-22-11-15/h1,3,5-9,11,17,19-20,23-24H,2,4,10,12-14H2. The Balaban J connectivity index is 1.44. The van der Waals surface area contributed by atoms with E-state index >= 15 is 0 Å². The normalized spacial score (nSPS) is 27.5. The van der Waals surface area contributed by atoms with Crippen molar-refractivity contribution in [2.75, 3.05) is 19.6 Å². The minimum absolute atomic E-state index is 0.167. The van der Waals surface area contributed by atoms with Gasteiger partial charge in [-0.15, -0.1) is 0 Å². The lowest BCUT2D eigenvalue weighted by Gasteiger charge is -2.37. The van der Waals surface area contributed by atoms with E-state index < -0.39 is 0 Å². The van der Waals surface area contributed by atoms with Gasteiger partial charge in [0.05, 0.1) is 0 Å². The molecule has 2 fully saturated rings. The van der Waals surface area contributed by atoms with Crippen LogP contribution in [0.4, 0.5) is 4.39 Å². The van der Waals surface area contributed by atoms with Gasteiger partial charge >= 0.3 is 0 Å². The molecule has 3 atom stereocenters. The monoisotopic (exact) mass is 340 g/mol. The van der Waals surface area contributed by atoms with Gasteiger partial charge in [0, 0.05) is 44.0 Å². The first-order chi connectivity index (χ1) is 12.3. The largest absolute Gasteiger partial charge is 0.299 e. The molecule has 2 aliphatic heterocycles. The van der Waals surface area contributed by atoms with E-state index in [-0.39, 0.29) is 5.82 Å². The van der Waals surface area contributed by atoms with Crippen LogP contribution in [0.15, 0.2) is 48.8 Å². The quantitative estimate of drug-likeness (QED) is 0.898. The van der Waals surface area contributed by atoms with Gasteiger partial charge in [-0.25, -0.2) is 4.39 Å². The van der Waals surface area contributed by atoms with E-state index in [1.165, 1.54) is 24.0 Å². The fourth-order valence-corrected chi connectivity index (χ4v) is 4.27. The highest BCUT2D eigenvalue weighted by molar-refractivity contribution is 5.24. The van der Waals surface area contributed by atoms with Crippen LogP contribution in [0.25, 0.3) is 0 Å². The number of benzene rings is 1. The number of likely N-dealkylation sites (tertiary alicyclic amines) is 1. The van der Waals surface area contributed by atoms with Gasteiger partial charge in [-0.1, -0.05) is 18.2 Å². The predicted molar refractivity (Wildman–Crippen MR) is 96.3 cm³/mol. The smallest absolute Gasteiger partial charge is 0.123 e. The summed E-state index contributed by atoms with van der Waals surface area (Å²) in [6.07, 6.45) is 6.24.